The number of halogens is 1. The van der Waals surface area contributed by atoms with Crippen molar-refractivity contribution in [3.63, 3.8) is 0 Å². The number of carbonyl (C=O) groups excluding carboxylic acids is 1. The molecule has 3 aromatic rings. The Morgan fingerprint density at radius 2 is 1.91 bits per heavy atom. The van der Waals surface area contributed by atoms with E-state index in [1.165, 1.54) is 0 Å². The van der Waals surface area contributed by atoms with E-state index in [1.54, 1.807) is 11.3 Å². The highest BCUT2D eigenvalue weighted by Crippen LogP contribution is 2.29. The van der Waals surface area contributed by atoms with Crippen LogP contribution in [-0.2, 0) is 16.0 Å². The smallest absolute Gasteiger partial charge is 0.233 e. The standard InChI is InChI=1S/C24H29N3O3S.ClH/c1-2-30-20-10-8-19(9-11-20)18-23(28)27(13-5-12-26-14-16-29-17-15-26)24-25-21-6-3-4-7-22(21)31-24;/h3-4,6-11H,2,5,12-18H2,1H3;1H. The fourth-order valence-electron chi connectivity index (χ4n) is 3.72. The lowest BCUT2D eigenvalue weighted by molar-refractivity contribution is -0.118. The first kappa shape index (κ1) is 24.5. The molecule has 0 atom stereocenters. The molecular formula is C24H30ClN3O3S. The highest BCUT2D eigenvalue weighted by molar-refractivity contribution is 7.22. The molecule has 1 amide bonds. The second-order valence-corrected chi connectivity index (χ2v) is 8.58. The molecule has 1 fully saturated rings. The van der Waals surface area contributed by atoms with Gasteiger partial charge in [-0.05, 0) is 43.2 Å². The summed E-state index contributed by atoms with van der Waals surface area (Å²) in [7, 11) is 0. The van der Waals surface area contributed by atoms with Crippen molar-refractivity contribution in [3.05, 3.63) is 54.1 Å². The fourth-order valence-corrected chi connectivity index (χ4v) is 4.73. The number of rotatable bonds is 9. The molecule has 2 aromatic carbocycles. The van der Waals surface area contributed by atoms with E-state index in [4.69, 9.17) is 14.5 Å². The Balaban J connectivity index is 0.00000289. The van der Waals surface area contributed by atoms with Crippen LogP contribution in [0.5, 0.6) is 5.75 Å². The molecule has 172 valence electrons. The van der Waals surface area contributed by atoms with Crippen LogP contribution in [0.15, 0.2) is 48.5 Å². The number of hydrogen-bond acceptors (Lipinski definition) is 6. The van der Waals surface area contributed by atoms with Gasteiger partial charge in [0, 0.05) is 26.2 Å². The van der Waals surface area contributed by atoms with Gasteiger partial charge in [-0.2, -0.15) is 0 Å². The van der Waals surface area contributed by atoms with E-state index in [-0.39, 0.29) is 18.3 Å². The van der Waals surface area contributed by atoms with Gasteiger partial charge >= 0.3 is 0 Å². The molecule has 1 aromatic heterocycles. The van der Waals surface area contributed by atoms with Crippen molar-refractivity contribution >= 4 is 45.0 Å². The number of aromatic nitrogens is 1. The second-order valence-electron chi connectivity index (χ2n) is 7.57. The van der Waals surface area contributed by atoms with Crippen molar-refractivity contribution in [2.24, 2.45) is 0 Å². The van der Waals surface area contributed by atoms with Gasteiger partial charge < -0.3 is 9.47 Å². The van der Waals surface area contributed by atoms with E-state index >= 15 is 0 Å². The highest BCUT2D eigenvalue weighted by Gasteiger charge is 2.21. The minimum Gasteiger partial charge on any atom is -0.494 e. The summed E-state index contributed by atoms with van der Waals surface area (Å²) >= 11 is 1.58. The Hall–Kier alpha value is -2.19. The molecule has 0 aliphatic carbocycles. The first-order valence-electron chi connectivity index (χ1n) is 10.9. The number of amides is 1. The molecule has 8 heteroatoms. The fraction of sp³-hybridized carbons (Fsp3) is 0.417. The van der Waals surface area contributed by atoms with E-state index in [9.17, 15) is 4.79 Å². The van der Waals surface area contributed by atoms with Gasteiger partial charge in [0.2, 0.25) is 5.91 Å². The summed E-state index contributed by atoms with van der Waals surface area (Å²) in [6.45, 7) is 7.71. The van der Waals surface area contributed by atoms with Gasteiger partial charge in [0.05, 0.1) is 36.5 Å². The van der Waals surface area contributed by atoms with Crippen LogP contribution in [0.3, 0.4) is 0 Å². The molecule has 6 nitrogen and oxygen atoms in total. The number of nitrogens with zero attached hydrogens (tertiary/aromatic N) is 3. The number of carbonyl (C=O) groups is 1. The summed E-state index contributed by atoms with van der Waals surface area (Å²) in [6, 6.07) is 15.8. The SMILES string of the molecule is CCOc1ccc(CC(=O)N(CCCN2CCOCC2)c2nc3ccccc3s2)cc1.Cl. The van der Waals surface area contributed by atoms with Crippen LogP contribution in [0.25, 0.3) is 10.2 Å². The van der Waals surface area contributed by atoms with Gasteiger partial charge in [-0.1, -0.05) is 35.6 Å². The van der Waals surface area contributed by atoms with Crippen LogP contribution < -0.4 is 9.64 Å². The predicted octanol–water partition coefficient (Wildman–Crippen LogP) is 4.41. The lowest BCUT2D eigenvalue weighted by Crippen LogP contribution is -2.39. The Morgan fingerprint density at radius 1 is 1.16 bits per heavy atom. The van der Waals surface area contributed by atoms with Gasteiger partial charge in [-0.25, -0.2) is 4.98 Å². The van der Waals surface area contributed by atoms with E-state index < -0.39 is 0 Å². The molecule has 0 unspecified atom stereocenters. The molecule has 2 heterocycles. The van der Waals surface area contributed by atoms with E-state index in [0.717, 1.165) is 65.9 Å². The van der Waals surface area contributed by atoms with Crippen LogP contribution in [-0.4, -0.2) is 61.8 Å². The van der Waals surface area contributed by atoms with Crippen molar-refractivity contribution in [1.29, 1.82) is 0 Å². The molecule has 0 saturated carbocycles. The van der Waals surface area contributed by atoms with Gasteiger partial charge in [0.1, 0.15) is 5.75 Å². The van der Waals surface area contributed by atoms with E-state index in [2.05, 4.69) is 11.0 Å². The van der Waals surface area contributed by atoms with Crippen LogP contribution in [0.2, 0.25) is 0 Å². The van der Waals surface area contributed by atoms with Gasteiger partial charge in [-0.15, -0.1) is 12.4 Å². The third-order valence-corrected chi connectivity index (χ3v) is 6.42. The molecule has 4 rings (SSSR count). The molecule has 1 aliphatic heterocycles. The number of thiazole rings is 1. The number of hydrogen-bond donors (Lipinski definition) is 0. The lowest BCUT2D eigenvalue weighted by atomic mass is 10.1. The molecule has 32 heavy (non-hydrogen) atoms. The second kappa shape index (κ2) is 12.2. The average molecular weight is 476 g/mol. The number of morpholine rings is 1. The summed E-state index contributed by atoms with van der Waals surface area (Å²) < 4.78 is 12.0. The van der Waals surface area contributed by atoms with Gasteiger partial charge in [0.25, 0.3) is 0 Å². The van der Waals surface area contributed by atoms with Crippen LogP contribution >= 0.6 is 23.7 Å². The van der Waals surface area contributed by atoms with Crippen molar-refractivity contribution in [2.75, 3.05) is 50.9 Å². The maximum Gasteiger partial charge on any atom is 0.233 e. The number of ether oxygens (including phenoxy) is 2. The zero-order valence-electron chi connectivity index (χ0n) is 18.4. The zero-order chi connectivity index (χ0) is 21.5. The Labute approximate surface area is 199 Å². The molecule has 0 spiro atoms. The Morgan fingerprint density at radius 3 is 2.62 bits per heavy atom. The highest BCUT2D eigenvalue weighted by atomic mass is 35.5. The third-order valence-electron chi connectivity index (χ3n) is 5.36. The molecule has 0 radical (unpaired) electrons. The predicted molar refractivity (Wildman–Crippen MR) is 132 cm³/mol. The van der Waals surface area contributed by atoms with Crippen molar-refractivity contribution < 1.29 is 14.3 Å². The maximum atomic E-state index is 13.3. The molecule has 1 saturated heterocycles. The lowest BCUT2D eigenvalue weighted by Gasteiger charge is -2.27. The van der Waals surface area contributed by atoms with E-state index in [1.807, 2.05) is 54.3 Å². The molecular weight excluding hydrogens is 446 g/mol. The van der Waals surface area contributed by atoms with E-state index in [0.29, 0.717) is 19.6 Å². The molecule has 1 aliphatic rings. The summed E-state index contributed by atoms with van der Waals surface area (Å²) in [4.78, 5) is 22.3. The summed E-state index contributed by atoms with van der Waals surface area (Å²) in [6.07, 6.45) is 1.25. The van der Waals surface area contributed by atoms with Crippen molar-refractivity contribution in [3.8, 4) is 5.75 Å². The summed E-state index contributed by atoms with van der Waals surface area (Å²) in [5.74, 6) is 0.900. The first-order chi connectivity index (χ1) is 15.2. The third kappa shape index (κ3) is 6.42. The van der Waals surface area contributed by atoms with Crippen molar-refractivity contribution in [2.45, 2.75) is 19.8 Å². The average Bonchev–Trinajstić information content (AvgIpc) is 3.22. The largest absolute Gasteiger partial charge is 0.494 e. The molecule has 0 bridgehead atoms. The summed E-state index contributed by atoms with van der Waals surface area (Å²) in [5.41, 5.74) is 1.92. The van der Waals surface area contributed by atoms with Gasteiger partial charge in [0.15, 0.2) is 5.13 Å². The maximum absolute atomic E-state index is 13.3. The number of benzene rings is 2. The monoisotopic (exact) mass is 475 g/mol. The Bertz CT molecular complexity index is 957. The van der Waals surface area contributed by atoms with Crippen molar-refractivity contribution in [1.82, 2.24) is 9.88 Å². The van der Waals surface area contributed by atoms with Crippen LogP contribution in [0, 0.1) is 0 Å². The quantitative estimate of drug-likeness (QED) is 0.458. The van der Waals surface area contributed by atoms with Crippen LogP contribution in [0.4, 0.5) is 5.13 Å². The first-order valence-corrected chi connectivity index (χ1v) is 11.7. The zero-order valence-corrected chi connectivity index (χ0v) is 20.0. The topological polar surface area (TPSA) is 54.9 Å². The number of para-hydroxylation sites is 1. The number of fused-ring (bicyclic) bond motifs is 1. The Kier molecular flexibility index (Phi) is 9.29. The number of anilines is 1. The minimum atomic E-state index is 0. The summed E-state index contributed by atoms with van der Waals surface area (Å²) in [5, 5.41) is 0.777. The normalized spacial score (nSPS) is 14.2. The minimum absolute atomic E-state index is 0. The molecule has 0 N–H and O–H groups in total. The van der Waals surface area contributed by atoms with Crippen LogP contribution in [0.1, 0.15) is 18.9 Å². The van der Waals surface area contributed by atoms with Gasteiger partial charge in [-0.3, -0.25) is 14.6 Å².